The molecular formula is C23H33N3O3. The summed E-state index contributed by atoms with van der Waals surface area (Å²) in [5.74, 6) is 0.803. The summed E-state index contributed by atoms with van der Waals surface area (Å²) in [5.41, 5.74) is 0.175. The first kappa shape index (κ1) is 21.4. The number of piperazine rings is 1. The number of benzene rings is 1. The summed E-state index contributed by atoms with van der Waals surface area (Å²) in [6, 6.07) is 11.0. The van der Waals surface area contributed by atoms with E-state index in [9.17, 15) is 10.1 Å². The first-order chi connectivity index (χ1) is 13.8. The third-order valence-corrected chi connectivity index (χ3v) is 6.13. The third kappa shape index (κ3) is 5.02. The van der Waals surface area contributed by atoms with Crippen LogP contribution in [0.3, 0.4) is 0 Å². The van der Waals surface area contributed by atoms with Crippen molar-refractivity contribution in [2.24, 2.45) is 0 Å². The number of hydrogen-bond acceptors (Lipinski definition) is 5. The zero-order chi connectivity index (χ0) is 21.1. The molecule has 3 rings (SSSR count). The number of nitrogens with zero attached hydrogens (tertiary/aromatic N) is 3. The molecule has 0 N–H and O–H groups in total. The smallest absolute Gasteiger partial charge is 0.410 e. The summed E-state index contributed by atoms with van der Waals surface area (Å²) in [6.45, 7) is 8.81. The standard InChI is InChI=1S/C23H33N3O3/c1-22(2,3)29-21(27)26-14-12-25(13-15-26)19-8-10-23(17-24,11-9-19)18-6-5-7-20(16-18)28-4/h5-7,16,19H,8-15H2,1-4H3. The zero-order valence-corrected chi connectivity index (χ0v) is 18.1. The molecule has 2 aliphatic rings. The first-order valence-corrected chi connectivity index (χ1v) is 10.5. The largest absolute Gasteiger partial charge is 0.497 e. The fraction of sp³-hybridized carbons (Fsp3) is 0.652. The zero-order valence-electron chi connectivity index (χ0n) is 18.1. The maximum atomic E-state index is 12.3. The molecular weight excluding hydrogens is 366 g/mol. The van der Waals surface area contributed by atoms with Gasteiger partial charge >= 0.3 is 6.09 Å². The molecule has 0 unspecified atom stereocenters. The Morgan fingerprint density at radius 3 is 2.38 bits per heavy atom. The van der Waals surface area contributed by atoms with Crippen molar-refractivity contribution in [3.63, 3.8) is 0 Å². The van der Waals surface area contributed by atoms with Crippen LogP contribution in [-0.2, 0) is 10.2 Å². The molecule has 6 nitrogen and oxygen atoms in total. The van der Waals surface area contributed by atoms with Gasteiger partial charge in [0.1, 0.15) is 11.4 Å². The highest BCUT2D eigenvalue weighted by molar-refractivity contribution is 5.68. The highest BCUT2D eigenvalue weighted by Crippen LogP contribution is 2.41. The molecule has 158 valence electrons. The van der Waals surface area contributed by atoms with E-state index in [-0.39, 0.29) is 6.09 Å². The highest BCUT2D eigenvalue weighted by atomic mass is 16.6. The lowest BCUT2D eigenvalue weighted by atomic mass is 9.69. The van der Waals surface area contributed by atoms with Crippen LogP contribution in [0.4, 0.5) is 4.79 Å². The van der Waals surface area contributed by atoms with Gasteiger partial charge in [-0.15, -0.1) is 0 Å². The molecule has 1 aromatic rings. The van der Waals surface area contributed by atoms with Crippen LogP contribution in [0.25, 0.3) is 0 Å². The van der Waals surface area contributed by atoms with Crippen LogP contribution < -0.4 is 4.74 Å². The molecule has 29 heavy (non-hydrogen) atoms. The van der Waals surface area contributed by atoms with Gasteiger partial charge in [-0.1, -0.05) is 12.1 Å². The van der Waals surface area contributed by atoms with Crippen molar-refractivity contribution in [1.29, 1.82) is 5.26 Å². The average Bonchev–Trinajstić information content (AvgIpc) is 2.73. The second-order valence-corrected chi connectivity index (χ2v) is 9.16. The van der Waals surface area contributed by atoms with E-state index in [0.29, 0.717) is 19.1 Å². The van der Waals surface area contributed by atoms with E-state index in [1.54, 1.807) is 12.0 Å². The number of rotatable bonds is 3. The number of carbonyl (C=O) groups is 1. The minimum absolute atomic E-state index is 0.220. The Bertz CT molecular complexity index is 749. The van der Waals surface area contributed by atoms with Crippen molar-refractivity contribution in [1.82, 2.24) is 9.80 Å². The van der Waals surface area contributed by atoms with E-state index < -0.39 is 11.0 Å². The van der Waals surface area contributed by atoms with Crippen molar-refractivity contribution in [3.8, 4) is 11.8 Å². The third-order valence-electron chi connectivity index (χ3n) is 6.13. The molecule has 1 aromatic carbocycles. The molecule has 2 fully saturated rings. The van der Waals surface area contributed by atoms with Crippen molar-refractivity contribution in [2.75, 3.05) is 33.3 Å². The molecule has 0 atom stereocenters. The molecule has 1 heterocycles. The van der Waals surface area contributed by atoms with Crippen molar-refractivity contribution in [2.45, 2.75) is 63.5 Å². The van der Waals surface area contributed by atoms with Crippen LogP contribution in [-0.4, -0.2) is 60.8 Å². The van der Waals surface area contributed by atoms with Gasteiger partial charge in [-0.2, -0.15) is 5.26 Å². The van der Waals surface area contributed by atoms with Gasteiger partial charge in [0.25, 0.3) is 0 Å². The molecule has 0 spiro atoms. The Balaban J connectivity index is 1.56. The van der Waals surface area contributed by atoms with Crippen molar-refractivity contribution < 1.29 is 14.3 Å². The minimum atomic E-state index is -0.460. The van der Waals surface area contributed by atoms with Crippen LogP contribution in [0.5, 0.6) is 5.75 Å². The monoisotopic (exact) mass is 399 g/mol. The van der Waals surface area contributed by atoms with Crippen molar-refractivity contribution in [3.05, 3.63) is 29.8 Å². The van der Waals surface area contributed by atoms with E-state index in [1.807, 2.05) is 45.0 Å². The number of carbonyl (C=O) groups excluding carboxylic acids is 1. The normalized spacial score (nSPS) is 25.9. The van der Waals surface area contributed by atoms with Gasteiger partial charge in [-0.3, -0.25) is 4.90 Å². The van der Waals surface area contributed by atoms with Gasteiger partial charge in [-0.05, 0) is 64.2 Å². The fourth-order valence-electron chi connectivity index (χ4n) is 4.44. The van der Waals surface area contributed by atoms with E-state index in [2.05, 4.69) is 11.0 Å². The molecule has 1 amide bonds. The molecule has 0 radical (unpaired) electrons. The average molecular weight is 400 g/mol. The van der Waals surface area contributed by atoms with Gasteiger partial charge in [0.2, 0.25) is 0 Å². The van der Waals surface area contributed by atoms with Gasteiger partial charge in [0.15, 0.2) is 0 Å². The lowest BCUT2D eigenvalue weighted by Crippen LogP contribution is -2.54. The predicted octanol–water partition coefficient (Wildman–Crippen LogP) is 3.95. The SMILES string of the molecule is COc1cccc(C2(C#N)CCC(N3CCN(C(=O)OC(C)(C)C)CC3)CC2)c1. The quantitative estimate of drug-likeness (QED) is 0.770. The van der Waals surface area contributed by atoms with Gasteiger partial charge in [-0.25, -0.2) is 4.79 Å². The van der Waals surface area contributed by atoms with Gasteiger partial charge in [0.05, 0.1) is 18.6 Å². The summed E-state index contributed by atoms with van der Waals surface area (Å²) < 4.78 is 10.8. The van der Waals surface area contributed by atoms with Crippen LogP contribution >= 0.6 is 0 Å². The maximum Gasteiger partial charge on any atom is 0.410 e. The summed E-state index contributed by atoms with van der Waals surface area (Å²) in [5, 5.41) is 9.98. The van der Waals surface area contributed by atoms with Crippen LogP contribution in [0.2, 0.25) is 0 Å². The maximum absolute atomic E-state index is 12.3. The minimum Gasteiger partial charge on any atom is -0.497 e. The number of nitriles is 1. The summed E-state index contributed by atoms with van der Waals surface area (Å²) in [7, 11) is 1.66. The summed E-state index contributed by atoms with van der Waals surface area (Å²) in [4.78, 5) is 16.6. The molecule has 1 aliphatic heterocycles. The fourth-order valence-corrected chi connectivity index (χ4v) is 4.44. The van der Waals surface area contributed by atoms with Gasteiger partial charge < -0.3 is 14.4 Å². The summed E-state index contributed by atoms with van der Waals surface area (Å²) >= 11 is 0. The summed E-state index contributed by atoms with van der Waals surface area (Å²) in [6.07, 6.45) is 3.48. The Morgan fingerprint density at radius 1 is 1.17 bits per heavy atom. The Hall–Kier alpha value is -2.26. The number of methoxy groups -OCH3 is 1. The Kier molecular flexibility index (Phi) is 6.38. The number of ether oxygens (including phenoxy) is 2. The number of hydrogen-bond donors (Lipinski definition) is 0. The molecule has 1 saturated heterocycles. The Morgan fingerprint density at radius 2 is 1.83 bits per heavy atom. The molecule has 0 aromatic heterocycles. The number of amides is 1. The van der Waals surface area contributed by atoms with Crippen LogP contribution in [0, 0.1) is 11.3 Å². The second kappa shape index (κ2) is 8.62. The predicted molar refractivity (Wildman–Crippen MR) is 112 cm³/mol. The first-order valence-electron chi connectivity index (χ1n) is 10.5. The molecule has 6 heteroatoms. The van der Waals surface area contributed by atoms with Crippen LogP contribution in [0.15, 0.2) is 24.3 Å². The molecule has 0 bridgehead atoms. The van der Waals surface area contributed by atoms with E-state index >= 15 is 0 Å². The lowest BCUT2D eigenvalue weighted by Gasteiger charge is -2.44. The van der Waals surface area contributed by atoms with Crippen molar-refractivity contribution >= 4 is 6.09 Å². The van der Waals surface area contributed by atoms with Crippen LogP contribution in [0.1, 0.15) is 52.0 Å². The molecule has 1 aliphatic carbocycles. The second-order valence-electron chi connectivity index (χ2n) is 9.16. The van der Waals surface area contributed by atoms with E-state index in [1.165, 1.54) is 0 Å². The molecule has 1 saturated carbocycles. The van der Waals surface area contributed by atoms with E-state index in [0.717, 1.165) is 50.1 Å². The topological polar surface area (TPSA) is 65.8 Å². The highest BCUT2D eigenvalue weighted by Gasteiger charge is 2.39. The van der Waals surface area contributed by atoms with Gasteiger partial charge in [0, 0.05) is 32.2 Å². The Labute approximate surface area is 174 Å². The van der Waals surface area contributed by atoms with E-state index in [4.69, 9.17) is 9.47 Å². The lowest BCUT2D eigenvalue weighted by molar-refractivity contribution is 0.00723.